The van der Waals surface area contributed by atoms with Crippen LogP contribution in [0.2, 0.25) is 0 Å². The van der Waals surface area contributed by atoms with E-state index in [-0.39, 0.29) is 11.8 Å². The standard InChI is InChI=1S/C19H30N2O2/c1-4-7-14-20-19(23)17(6-3)21(18(22)11-5-2)15-16-12-9-8-10-13-16/h8-10,12-13,17H,4-7,11,14-15H2,1-3H3,(H,20,23)/t17-/m0/s1. The summed E-state index contributed by atoms with van der Waals surface area (Å²) < 4.78 is 0. The topological polar surface area (TPSA) is 49.4 Å². The number of amides is 2. The number of hydrogen-bond donors (Lipinski definition) is 1. The highest BCUT2D eigenvalue weighted by Gasteiger charge is 2.27. The minimum Gasteiger partial charge on any atom is -0.354 e. The first-order chi connectivity index (χ1) is 11.1. The van der Waals surface area contributed by atoms with Gasteiger partial charge in [0.05, 0.1) is 0 Å². The maximum Gasteiger partial charge on any atom is 0.242 e. The van der Waals surface area contributed by atoms with E-state index >= 15 is 0 Å². The van der Waals surface area contributed by atoms with Crippen LogP contribution in [0.5, 0.6) is 0 Å². The van der Waals surface area contributed by atoms with Crippen LogP contribution in [-0.4, -0.2) is 29.3 Å². The van der Waals surface area contributed by atoms with E-state index in [1.807, 2.05) is 44.2 Å². The number of carbonyl (C=O) groups excluding carboxylic acids is 2. The fourth-order valence-corrected chi connectivity index (χ4v) is 2.56. The van der Waals surface area contributed by atoms with Crippen molar-refractivity contribution in [2.45, 2.75) is 65.5 Å². The van der Waals surface area contributed by atoms with Gasteiger partial charge >= 0.3 is 0 Å². The van der Waals surface area contributed by atoms with Crippen molar-refractivity contribution < 1.29 is 9.59 Å². The predicted octanol–water partition coefficient (Wildman–Crippen LogP) is 3.51. The Morgan fingerprint density at radius 2 is 1.78 bits per heavy atom. The molecule has 0 saturated carbocycles. The molecule has 1 atom stereocenters. The smallest absolute Gasteiger partial charge is 0.242 e. The lowest BCUT2D eigenvalue weighted by Gasteiger charge is -2.30. The molecule has 128 valence electrons. The van der Waals surface area contributed by atoms with Crippen molar-refractivity contribution in [3.63, 3.8) is 0 Å². The van der Waals surface area contributed by atoms with Crippen LogP contribution in [0, 0.1) is 0 Å². The first-order valence-corrected chi connectivity index (χ1v) is 8.75. The molecule has 1 aromatic carbocycles. The van der Waals surface area contributed by atoms with Crippen molar-refractivity contribution in [3.05, 3.63) is 35.9 Å². The van der Waals surface area contributed by atoms with Crippen LogP contribution in [0.25, 0.3) is 0 Å². The van der Waals surface area contributed by atoms with E-state index in [0.29, 0.717) is 25.9 Å². The second kappa shape index (κ2) is 10.8. The Morgan fingerprint density at radius 1 is 1.09 bits per heavy atom. The van der Waals surface area contributed by atoms with Gasteiger partial charge in [-0.2, -0.15) is 0 Å². The Kier molecular flexibility index (Phi) is 9.03. The molecule has 0 aliphatic heterocycles. The van der Waals surface area contributed by atoms with Crippen LogP contribution < -0.4 is 5.32 Å². The zero-order valence-corrected chi connectivity index (χ0v) is 14.7. The summed E-state index contributed by atoms with van der Waals surface area (Å²) in [6.45, 7) is 7.20. The van der Waals surface area contributed by atoms with Gasteiger partial charge in [0.1, 0.15) is 6.04 Å². The number of unbranched alkanes of at least 4 members (excludes halogenated alkanes) is 1. The summed E-state index contributed by atoms with van der Waals surface area (Å²) in [6, 6.07) is 9.46. The average Bonchev–Trinajstić information content (AvgIpc) is 2.56. The van der Waals surface area contributed by atoms with Gasteiger partial charge in [0.15, 0.2) is 0 Å². The minimum atomic E-state index is -0.397. The summed E-state index contributed by atoms with van der Waals surface area (Å²) in [5.41, 5.74) is 1.05. The second-order valence-corrected chi connectivity index (χ2v) is 5.83. The van der Waals surface area contributed by atoms with Gasteiger partial charge < -0.3 is 10.2 Å². The van der Waals surface area contributed by atoms with Crippen molar-refractivity contribution >= 4 is 11.8 Å². The van der Waals surface area contributed by atoms with Crippen LogP contribution in [-0.2, 0) is 16.1 Å². The molecule has 0 heterocycles. The van der Waals surface area contributed by atoms with Gasteiger partial charge in [-0.1, -0.05) is 57.5 Å². The number of nitrogens with one attached hydrogen (secondary N) is 1. The molecule has 0 fully saturated rings. The average molecular weight is 318 g/mol. The number of nitrogens with zero attached hydrogens (tertiary/aromatic N) is 1. The molecule has 0 aromatic heterocycles. The van der Waals surface area contributed by atoms with Crippen molar-refractivity contribution in [2.24, 2.45) is 0 Å². The zero-order chi connectivity index (χ0) is 17.1. The van der Waals surface area contributed by atoms with Crippen LogP contribution in [0.4, 0.5) is 0 Å². The third-order valence-electron chi connectivity index (χ3n) is 3.88. The summed E-state index contributed by atoms with van der Waals surface area (Å²) in [5, 5.41) is 2.97. The fraction of sp³-hybridized carbons (Fsp3) is 0.579. The Labute approximate surface area is 140 Å². The highest BCUT2D eigenvalue weighted by Crippen LogP contribution is 2.14. The van der Waals surface area contributed by atoms with Crippen LogP contribution in [0.3, 0.4) is 0 Å². The Morgan fingerprint density at radius 3 is 2.35 bits per heavy atom. The predicted molar refractivity (Wildman–Crippen MR) is 93.9 cm³/mol. The molecule has 2 amide bonds. The lowest BCUT2D eigenvalue weighted by Crippen LogP contribution is -2.49. The summed E-state index contributed by atoms with van der Waals surface area (Å²) in [7, 11) is 0. The molecule has 4 heteroatoms. The SMILES string of the molecule is CCCCNC(=O)[C@H](CC)N(Cc1ccccc1)C(=O)CCC. The third kappa shape index (κ3) is 6.43. The normalized spacial score (nSPS) is 11.8. The quantitative estimate of drug-likeness (QED) is 0.671. The molecule has 0 radical (unpaired) electrons. The third-order valence-corrected chi connectivity index (χ3v) is 3.88. The highest BCUT2D eigenvalue weighted by molar-refractivity contribution is 5.87. The van der Waals surface area contributed by atoms with Gasteiger partial charge in [0, 0.05) is 19.5 Å². The van der Waals surface area contributed by atoms with Gasteiger partial charge in [-0.25, -0.2) is 0 Å². The van der Waals surface area contributed by atoms with Gasteiger partial charge in [0.25, 0.3) is 0 Å². The number of carbonyl (C=O) groups is 2. The molecule has 1 N–H and O–H groups in total. The zero-order valence-electron chi connectivity index (χ0n) is 14.7. The molecular weight excluding hydrogens is 288 g/mol. The van der Waals surface area contributed by atoms with Crippen LogP contribution in [0.15, 0.2) is 30.3 Å². The van der Waals surface area contributed by atoms with Crippen LogP contribution in [0.1, 0.15) is 58.4 Å². The first-order valence-electron chi connectivity index (χ1n) is 8.75. The van der Waals surface area contributed by atoms with E-state index in [1.165, 1.54) is 0 Å². The van der Waals surface area contributed by atoms with E-state index in [1.54, 1.807) is 4.90 Å². The summed E-state index contributed by atoms with van der Waals surface area (Å²) in [4.78, 5) is 26.7. The number of rotatable bonds is 10. The maximum absolute atomic E-state index is 12.5. The monoisotopic (exact) mass is 318 g/mol. The number of hydrogen-bond acceptors (Lipinski definition) is 2. The first kappa shape index (κ1) is 19.2. The number of benzene rings is 1. The van der Waals surface area contributed by atoms with E-state index < -0.39 is 6.04 Å². The van der Waals surface area contributed by atoms with Gasteiger partial charge in [-0.15, -0.1) is 0 Å². The molecule has 0 spiro atoms. The van der Waals surface area contributed by atoms with E-state index in [2.05, 4.69) is 12.2 Å². The molecular formula is C19H30N2O2. The fourth-order valence-electron chi connectivity index (χ4n) is 2.56. The largest absolute Gasteiger partial charge is 0.354 e. The van der Waals surface area contributed by atoms with Crippen molar-refractivity contribution in [3.8, 4) is 0 Å². The second-order valence-electron chi connectivity index (χ2n) is 5.83. The van der Waals surface area contributed by atoms with Gasteiger partial charge in [-0.05, 0) is 24.8 Å². The molecule has 0 bridgehead atoms. The summed E-state index contributed by atoms with van der Waals surface area (Å²) in [6.07, 6.45) is 3.90. The van der Waals surface area contributed by atoms with Gasteiger partial charge in [-0.3, -0.25) is 9.59 Å². The molecule has 0 aliphatic carbocycles. The molecule has 0 aliphatic rings. The van der Waals surface area contributed by atoms with Gasteiger partial charge in [0.2, 0.25) is 11.8 Å². The maximum atomic E-state index is 12.5. The molecule has 1 rings (SSSR count). The van der Waals surface area contributed by atoms with Crippen LogP contribution >= 0.6 is 0 Å². The lowest BCUT2D eigenvalue weighted by molar-refractivity contribution is -0.141. The van der Waals surface area contributed by atoms with Crippen molar-refractivity contribution in [2.75, 3.05) is 6.54 Å². The summed E-state index contributed by atoms with van der Waals surface area (Å²) >= 11 is 0. The minimum absolute atomic E-state index is 0.0404. The van der Waals surface area contributed by atoms with E-state index in [0.717, 1.165) is 24.8 Å². The van der Waals surface area contributed by atoms with E-state index in [9.17, 15) is 9.59 Å². The molecule has 0 unspecified atom stereocenters. The highest BCUT2D eigenvalue weighted by atomic mass is 16.2. The molecule has 0 saturated heterocycles. The molecule has 1 aromatic rings. The van der Waals surface area contributed by atoms with Crippen molar-refractivity contribution in [1.82, 2.24) is 10.2 Å². The summed E-state index contributed by atoms with van der Waals surface area (Å²) in [5.74, 6) is 0.00942. The Hall–Kier alpha value is -1.84. The lowest BCUT2D eigenvalue weighted by atomic mass is 10.1. The Balaban J connectivity index is 2.86. The van der Waals surface area contributed by atoms with E-state index in [4.69, 9.17) is 0 Å². The molecule has 23 heavy (non-hydrogen) atoms. The molecule has 4 nitrogen and oxygen atoms in total. The Bertz CT molecular complexity index is 474. The van der Waals surface area contributed by atoms with Crippen molar-refractivity contribution in [1.29, 1.82) is 0 Å².